The average molecular weight is 290 g/mol. The maximum absolute atomic E-state index is 12.1. The average Bonchev–Trinajstić information content (AvgIpc) is 3.21. The number of amides is 1. The smallest absolute Gasteiger partial charge is 0.238 e. The van der Waals surface area contributed by atoms with Crippen molar-refractivity contribution in [2.45, 2.75) is 37.9 Å². The maximum atomic E-state index is 12.1. The second kappa shape index (κ2) is 5.93. The van der Waals surface area contributed by atoms with Gasteiger partial charge in [-0.1, -0.05) is 0 Å². The van der Waals surface area contributed by atoms with Gasteiger partial charge in [0, 0.05) is 25.2 Å². The van der Waals surface area contributed by atoms with E-state index in [9.17, 15) is 4.79 Å². The van der Waals surface area contributed by atoms with E-state index in [2.05, 4.69) is 10.2 Å². The highest BCUT2D eigenvalue weighted by atomic mass is 16.5. The third-order valence-corrected chi connectivity index (χ3v) is 4.27. The quantitative estimate of drug-likeness (QED) is 0.808. The fourth-order valence-corrected chi connectivity index (χ4v) is 2.64. The Labute approximate surface area is 125 Å². The minimum atomic E-state index is 0.0304. The molecule has 1 saturated carbocycles. The Kier molecular flexibility index (Phi) is 4.01. The lowest BCUT2D eigenvalue weighted by molar-refractivity contribution is -0.122. The molecule has 2 atom stereocenters. The van der Waals surface area contributed by atoms with Crippen LogP contribution in [0.2, 0.25) is 0 Å². The molecule has 0 aromatic heterocycles. The van der Waals surface area contributed by atoms with Gasteiger partial charge in [-0.2, -0.15) is 0 Å². The Balaban J connectivity index is 1.56. The summed E-state index contributed by atoms with van der Waals surface area (Å²) >= 11 is 0. The van der Waals surface area contributed by atoms with Crippen LogP contribution < -0.4 is 14.8 Å². The largest absolute Gasteiger partial charge is 0.497 e. The molecule has 3 rings (SSSR count). The summed E-state index contributed by atoms with van der Waals surface area (Å²) in [6.07, 6.45) is 3.50. The number of hydrogen-bond acceptors (Lipinski definition) is 4. The molecule has 0 bridgehead atoms. The Morgan fingerprint density at radius 2 is 1.90 bits per heavy atom. The number of rotatable bonds is 6. The van der Waals surface area contributed by atoms with Gasteiger partial charge in [-0.25, -0.2) is 0 Å². The van der Waals surface area contributed by atoms with Gasteiger partial charge in [-0.3, -0.25) is 9.69 Å². The van der Waals surface area contributed by atoms with Crippen molar-refractivity contribution in [2.24, 2.45) is 0 Å². The summed E-state index contributed by atoms with van der Waals surface area (Å²) in [5.41, 5.74) is 1.10. The van der Waals surface area contributed by atoms with Gasteiger partial charge in [0.15, 0.2) is 0 Å². The van der Waals surface area contributed by atoms with Crippen LogP contribution in [0.1, 0.15) is 24.8 Å². The summed E-state index contributed by atoms with van der Waals surface area (Å²) in [5.74, 6) is 1.73. The molecule has 0 radical (unpaired) electrons. The fraction of sp³-hybridized carbons (Fsp3) is 0.562. The molecule has 1 aliphatic heterocycles. The zero-order valence-corrected chi connectivity index (χ0v) is 12.6. The number of carbonyl (C=O) groups excluding carboxylic acids is 1. The normalized spacial score (nSPS) is 24.1. The lowest BCUT2D eigenvalue weighted by atomic mass is 9.93. The maximum Gasteiger partial charge on any atom is 0.238 e. The number of nitrogens with zero attached hydrogens (tertiary/aromatic N) is 1. The van der Waals surface area contributed by atoms with Gasteiger partial charge in [0.25, 0.3) is 0 Å². The first-order valence-electron chi connectivity index (χ1n) is 7.46. The molecule has 5 heteroatoms. The van der Waals surface area contributed by atoms with Crippen LogP contribution in [0.5, 0.6) is 11.5 Å². The SMILES string of the molecule is COc1cc(CN2CC2C(=O)NC2CCC2)cc(OC)c1. The zero-order chi connectivity index (χ0) is 14.8. The predicted octanol–water partition coefficient (Wildman–Crippen LogP) is 1.56. The molecule has 1 saturated heterocycles. The molecule has 1 aromatic carbocycles. The standard InChI is InChI=1S/C16H22N2O3/c1-20-13-6-11(7-14(8-13)21-2)9-18-10-15(18)16(19)17-12-4-3-5-12/h6-8,12,15H,3-5,9-10H2,1-2H3,(H,17,19). The van der Waals surface area contributed by atoms with Crippen LogP contribution in [0.4, 0.5) is 0 Å². The lowest BCUT2D eigenvalue weighted by Gasteiger charge is -2.26. The van der Waals surface area contributed by atoms with Gasteiger partial charge in [0.05, 0.1) is 14.2 Å². The summed E-state index contributed by atoms with van der Waals surface area (Å²) in [6, 6.07) is 6.27. The van der Waals surface area contributed by atoms with E-state index >= 15 is 0 Å². The van der Waals surface area contributed by atoms with E-state index in [0.29, 0.717) is 6.04 Å². The monoisotopic (exact) mass is 290 g/mol. The molecule has 1 aromatic rings. The van der Waals surface area contributed by atoms with Crippen molar-refractivity contribution in [3.8, 4) is 11.5 Å². The van der Waals surface area contributed by atoms with Gasteiger partial charge < -0.3 is 14.8 Å². The Morgan fingerprint density at radius 3 is 2.43 bits per heavy atom. The highest BCUT2D eigenvalue weighted by Crippen LogP contribution is 2.28. The van der Waals surface area contributed by atoms with Gasteiger partial charge in [-0.15, -0.1) is 0 Å². The fourth-order valence-electron chi connectivity index (χ4n) is 2.64. The molecule has 5 nitrogen and oxygen atoms in total. The number of hydrogen-bond donors (Lipinski definition) is 1. The van der Waals surface area contributed by atoms with Crippen molar-refractivity contribution >= 4 is 5.91 Å². The van der Waals surface area contributed by atoms with Crippen molar-refractivity contribution in [3.63, 3.8) is 0 Å². The van der Waals surface area contributed by atoms with Crippen molar-refractivity contribution in [1.29, 1.82) is 0 Å². The first-order valence-corrected chi connectivity index (χ1v) is 7.46. The lowest BCUT2D eigenvalue weighted by Crippen LogP contribution is -2.42. The second-order valence-corrected chi connectivity index (χ2v) is 5.80. The van der Waals surface area contributed by atoms with Crippen LogP contribution in [0.25, 0.3) is 0 Å². The number of ether oxygens (including phenoxy) is 2. The molecular formula is C16H22N2O3. The van der Waals surface area contributed by atoms with E-state index in [0.717, 1.165) is 43.0 Å². The molecule has 2 unspecified atom stereocenters. The molecule has 1 N–H and O–H groups in total. The van der Waals surface area contributed by atoms with Crippen LogP contribution in [0.15, 0.2) is 18.2 Å². The summed E-state index contributed by atoms with van der Waals surface area (Å²) in [5, 5.41) is 3.11. The molecule has 21 heavy (non-hydrogen) atoms. The molecule has 0 spiro atoms. The van der Waals surface area contributed by atoms with Crippen molar-refractivity contribution in [3.05, 3.63) is 23.8 Å². The molecule has 114 valence electrons. The van der Waals surface area contributed by atoms with E-state index in [1.807, 2.05) is 18.2 Å². The Morgan fingerprint density at radius 1 is 1.24 bits per heavy atom. The topological polar surface area (TPSA) is 50.6 Å². The third-order valence-electron chi connectivity index (χ3n) is 4.27. The first kappa shape index (κ1) is 14.2. The van der Waals surface area contributed by atoms with Gasteiger partial charge in [-0.05, 0) is 37.0 Å². The molecular weight excluding hydrogens is 268 g/mol. The van der Waals surface area contributed by atoms with Crippen LogP contribution in [-0.4, -0.2) is 43.7 Å². The first-order chi connectivity index (χ1) is 10.2. The Hall–Kier alpha value is -1.75. The molecule has 1 aliphatic carbocycles. The van der Waals surface area contributed by atoms with Gasteiger partial charge >= 0.3 is 0 Å². The molecule has 2 aliphatic rings. The van der Waals surface area contributed by atoms with E-state index in [1.165, 1.54) is 6.42 Å². The van der Waals surface area contributed by atoms with Crippen LogP contribution in [0.3, 0.4) is 0 Å². The van der Waals surface area contributed by atoms with Crippen LogP contribution in [-0.2, 0) is 11.3 Å². The molecule has 2 fully saturated rings. The Bertz CT molecular complexity index is 506. The van der Waals surface area contributed by atoms with Gasteiger partial charge in [0.1, 0.15) is 17.5 Å². The number of benzene rings is 1. The summed E-state index contributed by atoms with van der Waals surface area (Å²) < 4.78 is 10.5. The third kappa shape index (κ3) is 3.29. The minimum Gasteiger partial charge on any atom is -0.497 e. The summed E-state index contributed by atoms with van der Waals surface area (Å²) in [6.45, 7) is 1.58. The summed E-state index contributed by atoms with van der Waals surface area (Å²) in [4.78, 5) is 14.2. The van der Waals surface area contributed by atoms with E-state index in [1.54, 1.807) is 14.2 Å². The number of nitrogens with one attached hydrogen (secondary N) is 1. The van der Waals surface area contributed by atoms with Crippen LogP contribution in [0, 0.1) is 0 Å². The predicted molar refractivity (Wildman–Crippen MR) is 79.5 cm³/mol. The van der Waals surface area contributed by atoms with Crippen LogP contribution >= 0.6 is 0 Å². The van der Waals surface area contributed by atoms with E-state index in [4.69, 9.17) is 9.47 Å². The minimum absolute atomic E-state index is 0.0304. The van der Waals surface area contributed by atoms with Crippen molar-refractivity contribution in [2.75, 3.05) is 20.8 Å². The molecule has 1 amide bonds. The number of methoxy groups -OCH3 is 2. The second-order valence-electron chi connectivity index (χ2n) is 5.80. The highest BCUT2D eigenvalue weighted by Gasteiger charge is 2.41. The van der Waals surface area contributed by atoms with Crippen molar-refractivity contribution in [1.82, 2.24) is 10.2 Å². The highest BCUT2D eigenvalue weighted by molar-refractivity contribution is 5.85. The summed E-state index contributed by atoms with van der Waals surface area (Å²) in [7, 11) is 3.29. The number of carbonyl (C=O) groups is 1. The van der Waals surface area contributed by atoms with E-state index < -0.39 is 0 Å². The molecule has 1 heterocycles. The van der Waals surface area contributed by atoms with E-state index in [-0.39, 0.29) is 11.9 Å². The van der Waals surface area contributed by atoms with Crippen molar-refractivity contribution < 1.29 is 14.3 Å². The van der Waals surface area contributed by atoms with Gasteiger partial charge in [0.2, 0.25) is 5.91 Å². The zero-order valence-electron chi connectivity index (χ0n) is 12.6.